The number of carboxylic acid groups (broad SMARTS) is 3. The van der Waals surface area contributed by atoms with Crippen molar-refractivity contribution < 1.29 is 29.7 Å². The van der Waals surface area contributed by atoms with Crippen molar-refractivity contribution in [2.45, 2.75) is 40.0 Å². The normalized spacial score (nSPS) is 15.3. The molecule has 22 heavy (non-hydrogen) atoms. The summed E-state index contributed by atoms with van der Waals surface area (Å²) in [6, 6.07) is 0. The summed E-state index contributed by atoms with van der Waals surface area (Å²) in [6.07, 6.45) is 1.25. The molecular weight excluding hydrogens is 290 g/mol. The summed E-state index contributed by atoms with van der Waals surface area (Å²) in [5.74, 6) is -4.72. The predicted octanol–water partition coefficient (Wildman–Crippen LogP) is 1.62. The number of carboxylic acids is 3. The number of hydrogen-bond acceptors (Lipinski definition) is 4. The summed E-state index contributed by atoms with van der Waals surface area (Å²) in [4.78, 5) is 35.2. The number of carbonyl (C=O) groups is 3. The van der Waals surface area contributed by atoms with E-state index in [0.717, 1.165) is 0 Å². The third kappa shape index (κ3) is 6.89. The van der Waals surface area contributed by atoms with Crippen molar-refractivity contribution in [3.05, 3.63) is 0 Å². The van der Waals surface area contributed by atoms with Crippen LogP contribution in [0.1, 0.15) is 40.0 Å². The molecule has 0 aliphatic heterocycles. The van der Waals surface area contributed by atoms with Gasteiger partial charge in [0.05, 0.1) is 17.8 Å². The van der Waals surface area contributed by atoms with E-state index in [4.69, 9.17) is 15.3 Å². The van der Waals surface area contributed by atoms with Gasteiger partial charge in [0.25, 0.3) is 0 Å². The van der Waals surface area contributed by atoms with Crippen molar-refractivity contribution in [2.24, 2.45) is 17.8 Å². The molecule has 3 unspecified atom stereocenters. The van der Waals surface area contributed by atoms with Crippen molar-refractivity contribution in [3.8, 4) is 0 Å². The summed E-state index contributed by atoms with van der Waals surface area (Å²) in [5, 5.41) is 27.5. The van der Waals surface area contributed by atoms with Crippen LogP contribution in [0.3, 0.4) is 0 Å². The quantitative estimate of drug-likeness (QED) is 0.501. The molecule has 0 heterocycles. The van der Waals surface area contributed by atoms with Gasteiger partial charge < -0.3 is 20.2 Å². The molecule has 0 spiro atoms. The largest absolute Gasteiger partial charge is 0.481 e. The molecule has 3 atom stereocenters. The number of hydrogen-bond donors (Lipinski definition) is 3. The molecule has 0 saturated heterocycles. The molecule has 3 N–H and O–H groups in total. The molecule has 7 nitrogen and oxygen atoms in total. The third-order valence-electron chi connectivity index (χ3n) is 3.96. The minimum absolute atomic E-state index is 0.166. The van der Waals surface area contributed by atoms with Crippen LogP contribution in [0.25, 0.3) is 0 Å². The lowest BCUT2D eigenvalue weighted by Gasteiger charge is -2.29. The predicted molar refractivity (Wildman–Crippen MR) is 80.7 cm³/mol. The van der Waals surface area contributed by atoms with Crippen molar-refractivity contribution >= 4 is 17.9 Å². The average Bonchev–Trinajstić information content (AvgIpc) is 2.45. The first-order chi connectivity index (χ1) is 10.3. The zero-order valence-electron chi connectivity index (χ0n) is 13.5. The Bertz CT molecular complexity index is 327. The number of nitrogens with zero attached hydrogens (tertiary/aromatic N) is 1. The van der Waals surface area contributed by atoms with E-state index in [2.05, 4.69) is 0 Å². The molecule has 0 aromatic rings. The SMILES string of the molecule is CCC(CN(CC(CC)C(=O)O)CC(CC)C(=O)O)C(=O)O. The minimum atomic E-state index is -0.945. The smallest absolute Gasteiger partial charge is 0.307 e. The Morgan fingerprint density at radius 3 is 1.05 bits per heavy atom. The van der Waals surface area contributed by atoms with Gasteiger partial charge in [0, 0.05) is 19.6 Å². The fourth-order valence-electron chi connectivity index (χ4n) is 2.30. The van der Waals surface area contributed by atoms with Gasteiger partial charge in [0.2, 0.25) is 0 Å². The lowest BCUT2D eigenvalue weighted by molar-refractivity contribution is -0.144. The van der Waals surface area contributed by atoms with E-state index in [0.29, 0.717) is 19.3 Å². The van der Waals surface area contributed by atoms with E-state index < -0.39 is 35.7 Å². The van der Waals surface area contributed by atoms with Crippen LogP contribution in [-0.2, 0) is 14.4 Å². The molecule has 0 amide bonds. The molecule has 0 saturated carbocycles. The van der Waals surface area contributed by atoms with Crippen LogP contribution in [0.4, 0.5) is 0 Å². The first-order valence-corrected chi connectivity index (χ1v) is 7.67. The zero-order valence-corrected chi connectivity index (χ0v) is 13.5. The fraction of sp³-hybridized carbons (Fsp3) is 0.800. The molecule has 0 aliphatic carbocycles. The van der Waals surface area contributed by atoms with E-state index in [1.807, 2.05) is 0 Å². The molecule has 0 fully saturated rings. The van der Waals surface area contributed by atoms with Crippen molar-refractivity contribution in [3.63, 3.8) is 0 Å². The van der Waals surface area contributed by atoms with Crippen LogP contribution in [0, 0.1) is 17.8 Å². The highest BCUT2D eigenvalue weighted by molar-refractivity contribution is 5.71. The monoisotopic (exact) mass is 317 g/mol. The van der Waals surface area contributed by atoms with Crippen molar-refractivity contribution in [1.29, 1.82) is 0 Å². The Morgan fingerprint density at radius 2 is 0.909 bits per heavy atom. The Balaban J connectivity index is 5.07. The van der Waals surface area contributed by atoms with Gasteiger partial charge >= 0.3 is 17.9 Å². The van der Waals surface area contributed by atoms with Crippen LogP contribution in [0.2, 0.25) is 0 Å². The number of aliphatic carboxylic acids is 3. The summed E-state index contributed by atoms with van der Waals surface area (Å²) < 4.78 is 0. The molecule has 128 valence electrons. The molecule has 0 aromatic carbocycles. The van der Waals surface area contributed by atoms with E-state index in [9.17, 15) is 14.4 Å². The summed E-state index contributed by atoms with van der Waals surface area (Å²) in [6.45, 7) is 5.75. The second-order valence-corrected chi connectivity index (χ2v) is 5.55. The zero-order chi connectivity index (χ0) is 17.3. The van der Waals surface area contributed by atoms with Crippen LogP contribution in [-0.4, -0.2) is 57.8 Å². The van der Waals surface area contributed by atoms with E-state index in [1.165, 1.54) is 0 Å². The maximum atomic E-state index is 11.2. The van der Waals surface area contributed by atoms with Gasteiger partial charge in [-0.2, -0.15) is 0 Å². The molecule has 0 radical (unpaired) electrons. The highest BCUT2D eigenvalue weighted by atomic mass is 16.4. The summed E-state index contributed by atoms with van der Waals surface area (Å²) in [7, 11) is 0. The van der Waals surface area contributed by atoms with Gasteiger partial charge in [-0.3, -0.25) is 14.4 Å². The third-order valence-corrected chi connectivity index (χ3v) is 3.96. The molecular formula is C15H27NO6. The number of rotatable bonds is 12. The maximum absolute atomic E-state index is 11.2. The van der Waals surface area contributed by atoms with Crippen molar-refractivity contribution in [1.82, 2.24) is 4.90 Å². The van der Waals surface area contributed by atoms with Gasteiger partial charge in [-0.05, 0) is 19.3 Å². The van der Waals surface area contributed by atoms with Gasteiger partial charge in [0.15, 0.2) is 0 Å². The standard InChI is InChI=1S/C15H27NO6/c1-4-10(13(17)18)7-16(8-11(5-2)14(19)20)9-12(6-3)15(21)22/h10-12H,4-9H2,1-3H3,(H,17,18)(H,19,20)(H,21,22). The highest BCUT2D eigenvalue weighted by Crippen LogP contribution is 2.15. The van der Waals surface area contributed by atoms with Gasteiger partial charge in [0.1, 0.15) is 0 Å². The first kappa shape index (κ1) is 20.4. The molecule has 7 heteroatoms. The van der Waals surface area contributed by atoms with Crippen LogP contribution in [0.5, 0.6) is 0 Å². The maximum Gasteiger partial charge on any atom is 0.307 e. The second kappa shape index (κ2) is 10.2. The Kier molecular flexibility index (Phi) is 9.40. The van der Waals surface area contributed by atoms with Crippen LogP contribution in [0.15, 0.2) is 0 Å². The second-order valence-electron chi connectivity index (χ2n) is 5.55. The lowest BCUT2D eigenvalue weighted by Crippen LogP contribution is -2.42. The fourth-order valence-corrected chi connectivity index (χ4v) is 2.30. The Labute approximate surface area is 130 Å². The van der Waals surface area contributed by atoms with Crippen molar-refractivity contribution in [2.75, 3.05) is 19.6 Å². The van der Waals surface area contributed by atoms with Gasteiger partial charge in [-0.1, -0.05) is 20.8 Å². The minimum Gasteiger partial charge on any atom is -0.481 e. The van der Waals surface area contributed by atoms with Crippen LogP contribution >= 0.6 is 0 Å². The molecule has 0 bridgehead atoms. The Hall–Kier alpha value is -1.63. The van der Waals surface area contributed by atoms with E-state index in [1.54, 1.807) is 25.7 Å². The highest BCUT2D eigenvalue weighted by Gasteiger charge is 2.27. The summed E-state index contributed by atoms with van der Waals surface area (Å²) in [5.41, 5.74) is 0. The molecule has 0 rings (SSSR count). The molecule has 0 aliphatic rings. The summed E-state index contributed by atoms with van der Waals surface area (Å²) >= 11 is 0. The first-order valence-electron chi connectivity index (χ1n) is 7.67. The topological polar surface area (TPSA) is 115 Å². The van der Waals surface area contributed by atoms with E-state index in [-0.39, 0.29) is 19.6 Å². The Morgan fingerprint density at radius 1 is 0.682 bits per heavy atom. The van der Waals surface area contributed by atoms with Gasteiger partial charge in [-0.15, -0.1) is 0 Å². The average molecular weight is 317 g/mol. The van der Waals surface area contributed by atoms with Gasteiger partial charge in [-0.25, -0.2) is 0 Å². The molecule has 0 aromatic heterocycles. The van der Waals surface area contributed by atoms with Crippen LogP contribution < -0.4 is 0 Å². The lowest BCUT2D eigenvalue weighted by atomic mass is 10.00. The van der Waals surface area contributed by atoms with E-state index >= 15 is 0 Å².